The van der Waals surface area contributed by atoms with Gasteiger partial charge in [-0.2, -0.15) is 0 Å². The fourth-order valence-corrected chi connectivity index (χ4v) is 4.26. The van der Waals surface area contributed by atoms with Gasteiger partial charge in [0.15, 0.2) is 6.61 Å². The minimum atomic E-state index is -0.172. The minimum absolute atomic E-state index is 0.0571. The van der Waals surface area contributed by atoms with Crippen LogP contribution in [0.5, 0.6) is 5.75 Å². The van der Waals surface area contributed by atoms with Crippen molar-refractivity contribution in [1.82, 2.24) is 10.2 Å². The Morgan fingerprint density at radius 3 is 2.52 bits per heavy atom. The van der Waals surface area contributed by atoms with Crippen LogP contribution in [0.25, 0.3) is 0 Å². The lowest BCUT2D eigenvalue weighted by Gasteiger charge is -2.38. The first-order chi connectivity index (χ1) is 16.0. The number of aryl methyl sites for hydroxylation is 1. The van der Waals surface area contributed by atoms with Crippen LogP contribution in [0.1, 0.15) is 47.2 Å². The molecule has 33 heavy (non-hydrogen) atoms. The summed E-state index contributed by atoms with van der Waals surface area (Å²) in [5, 5.41) is 2.88. The highest BCUT2D eigenvalue weighted by Gasteiger charge is 2.31. The standard InChI is InChI=1S/C28H30N2O3/c1-3-27(32)30-16-15-22-13-14-24(17-25(22)28(30)23-11-9-20(2)10-12-23)33-19-26(31)29-18-21-7-5-4-6-8-21/h4-14,17,28H,3,15-16,18-19H2,1-2H3,(H,29,31). The zero-order valence-corrected chi connectivity index (χ0v) is 19.2. The number of carbonyl (C=O) groups is 2. The van der Waals surface area contributed by atoms with Crippen molar-refractivity contribution in [1.29, 1.82) is 0 Å². The first-order valence-electron chi connectivity index (χ1n) is 11.5. The number of hydrogen-bond acceptors (Lipinski definition) is 3. The first kappa shape index (κ1) is 22.6. The Labute approximate surface area is 195 Å². The second-order valence-electron chi connectivity index (χ2n) is 8.42. The van der Waals surface area contributed by atoms with Crippen molar-refractivity contribution < 1.29 is 14.3 Å². The predicted octanol–water partition coefficient (Wildman–Crippen LogP) is 4.57. The summed E-state index contributed by atoms with van der Waals surface area (Å²) >= 11 is 0. The fraction of sp³-hybridized carbons (Fsp3) is 0.286. The molecule has 3 aromatic rings. The van der Waals surface area contributed by atoms with Crippen molar-refractivity contribution in [2.75, 3.05) is 13.2 Å². The van der Waals surface area contributed by atoms with Crippen molar-refractivity contribution in [2.24, 2.45) is 0 Å². The number of rotatable bonds is 7. The molecule has 0 spiro atoms. The van der Waals surface area contributed by atoms with Crippen LogP contribution in [0.4, 0.5) is 0 Å². The maximum atomic E-state index is 12.8. The van der Waals surface area contributed by atoms with Crippen molar-refractivity contribution in [3.8, 4) is 5.75 Å². The SMILES string of the molecule is CCC(=O)N1CCc2ccc(OCC(=O)NCc3ccccc3)cc2C1c1ccc(C)cc1. The lowest BCUT2D eigenvalue weighted by molar-refractivity contribution is -0.133. The Balaban J connectivity index is 1.51. The molecule has 1 heterocycles. The molecule has 1 aliphatic heterocycles. The van der Waals surface area contributed by atoms with E-state index in [1.165, 1.54) is 11.1 Å². The van der Waals surface area contributed by atoms with Crippen LogP contribution in [0.15, 0.2) is 72.8 Å². The van der Waals surface area contributed by atoms with Gasteiger partial charge in [0, 0.05) is 19.5 Å². The van der Waals surface area contributed by atoms with Gasteiger partial charge in [0.2, 0.25) is 5.91 Å². The van der Waals surface area contributed by atoms with Crippen molar-refractivity contribution in [2.45, 2.75) is 39.3 Å². The van der Waals surface area contributed by atoms with Gasteiger partial charge in [-0.25, -0.2) is 0 Å². The molecule has 0 saturated heterocycles. The average molecular weight is 443 g/mol. The Hall–Kier alpha value is -3.60. The molecule has 1 aliphatic rings. The molecule has 1 N–H and O–H groups in total. The summed E-state index contributed by atoms with van der Waals surface area (Å²) in [5.74, 6) is 0.596. The summed E-state index contributed by atoms with van der Waals surface area (Å²) in [6, 6.07) is 23.9. The summed E-state index contributed by atoms with van der Waals surface area (Å²) in [4.78, 5) is 27.0. The van der Waals surface area contributed by atoms with E-state index in [9.17, 15) is 9.59 Å². The van der Waals surface area contributed by atoms with E-state index < -0.39 is 0 Å². The third-order valence-corrected chi connectivity index (χ3v) is 6.06. The van der Waals surface area contributed by atoms with Gasteiger partial charge in [0.1, 0.15) is 5.75 Å². The van der Waals surface area contributed by atoms with E-state index >= 15 is 0 Å². The summed E-state index contributed by atoms with van der Waals surface area (Å²) in [6.45, 7) is 5.07. The molecule has 3 aromatic carbocycles. The lowest BCUT2D eigenvalue weighted by Crippen LogP contribution is -2.40. The zero-order valence-electron chi connectivity index (χ0n) is 19.2. The summed E-state index contributed by atoms with van der Waals surface area (Å²) in [5.41, 5.74) is 5.58. The molecule has 5 heteroatoms. The van der Waals surface area contributed by atoms with E-state index in [1.54, 1.807) is 0 Å². The minimum Gasteiger partial charge on any atom is -0.484 e. The third kappa shape index (κ3) is 5.43. The van der Waals surface area contributed by atoms with E-state index in [4.69, 9.17) is 4.74 Å². The van der Waals surface area contributed by atoms with Gasteiger partial charge in [-0.05, 0) is 47.7 Å². The Morgan fingerprint density at radius 1 is 1.03 bits per heavy atom. The number of nitrogens with one attached hydrogen (secondary N) is 1. The van der Waals surface area contributed by atoms with Crippen LogP contribution < -0.4 is 10.1 Å². The van der Waals surface area contributed by atoms with Gasteiger partial charge in [-0.1, -0.05) is 73.2 Å². The van der Waals surface area contributed by atoms with Crippen molar-refractivity contribution >= 4 is 11.8 Å². The van der Waals surface area contributed by atoms with Crippen LogP contribution in [-0.2, 0) is 22.6 Å². The van der Waals surface area contributed by atoms with Gasteiger partial charge < -0.3 is 15.0 Å². The molecule has 0 aliphatic carbocycles. The number of amides is 2. The molecule has 0 fully saturated rings. The van der Waals surface area contributed by atoms with Gasteiger partial charge in [-0.15, -0.1) is 0 Å². The zero-order chi connectivity index (χ0) is 23.2. The summed E-state index contributed by atoms with van der Waals surface area (Å²) < 4.78 is 5.83. The molecule has 1 atom stereocenters. The molecule has 5 nitrogen and oxygen atoms in total. The second kappa shape index (κ2) is 10.3. The average Bonchev–Trinajstić information content (AvgIpc) is 2.86. The van der Waals surface area contributed by atoms with E-state index in [0.717, 1.165) is 23.1 Å². The van der Waals surface area contributed by atoms with E-state index in [1.807, 2.05) is 54.3 Å². The van der Waals surface area contributed by atoms with Crippen LogP contribution in [0.2, 0.25) is 0 Å². The number of fused-ring (bicyclic) bond motifs is 1. The fourth-order valence-electron chi connectivity index (χ4n) is 4.26. The van der Waals surface area contributed by atoms with Crippen molar-refractivity contribution in [3.63, 3.8) is 0 Å². The summed E-state index contributed by atoms with van der Waals surface area (Å²) in [7, 11) is 0. The Kier molecular flexibility index (Phi) is 7.08. The molecule has 170 valence electrons. The van der Waals surface area contributed by atoms with Crippen LogP contribution >= 0.6 is 0 Å². The van der Waals surface area contributed by atoms with Crippen LogP contribution in [0, 0.1) is 6.92 Å². The van der Waals surface area contributed by atoms with Gasteiger partial charge in [-0.3, -0.25) is 9.59 Å². The predicted molar refractivity (Wildman–Crippen MR) is 129 cm³/mol. The molecule has 2 amide bonds. The molecule has 0 radical (unpaired) electrons. The quantitative estimate of drug-likeness (QED) is 0.583. The topological polar surface area (TPSA) is 58.6 Å². The highest BCUT2D eigenvalue weighted by atomic mass is 16.5. The Bertz CT molecular complexity index is 1110. The second-order valence-corrected chi connectivity index (χ2v) is 8.42. The highest BCUT2D eigenvalue weighted by molar-refractivity contribution is 5.78. The van der Waals surface area contributed by atoms with Gasteiger partial charge in [0.05, 0.1) is 6.04 Å². The maximum absolute atomic E-state index is 12.8. The number of nitrogens with zero attached hydrogens (tertiary/aromatic N) is 1. The molecule has 0 bridgehead atoms. The van der Waals surface area contributed by atoms with Crippen molar-refractivity contribution in [3.05, 3.63) is 101 Å². The monoisotopic (exact) mass is 442 g/mol. The largest absolute Gasteiger partial charge is 0.484 e. The molecular weight excluding hydrogens is 412 g/mol. The molecule has 4 rings (SSSR count). The number of carbonyl (C=O) groups excluding carboxylic acids is 2. The van der Waals surface area contributed by atoms with Gasteiger partial charge in [0.25, 0.3) is 5.91 Å². The summed E-state index contributed by atoms with van der Waals surface area (Å²) in [6.07, 6.45) is 1.27. The number of benzene rings is 3. The molecular formula is C28H30N2O3. The van der Waals surface area contributed by atoms with E-state index in [2.05, 4.69) is 42.6 Å². The highest BCUT2D eigenvalue weighted by Crippen LogP contribution is 2.37. The first-order valence-corrected chi connectivity index (χ1v) is 11.5. The Morgan fingerprint density at radius 2 is 1.79 bits per heavy atom. The molecule has 0 saturated carbocycles. The van der Waals surface area contributed by atoms with E-state index in [-0.39, 0.29) is 24.5 Å². The maximum Gasteiger partial charge on any atom is 0.258 e. The molecule has 0 aromatic heterocycles. The number of hydrogen-bond donors (Lipinski definition) is 1. The smallest absolute Gasteiger partial charge is 0.258 e. The van der Waals surface area contributed by atoms with Crippen LogP contribution in [-0.4, -0.2) is 29.9 Å². The molecule has 1 unspecified atom stereocenters. The normalized spacial score (nSPS) is 15.0. The third-order valence-electron chi connectivity index (χ3n) is 6.06. The lowest BCUT2D eigenvalue weighted by atomic mass is 9.87. The number of ether oxygens (including phenoxy) is 1. The van der Waals surface area contributed by atoms with E-state index in [0.29, 0.717) is 25.3 Å². The van der Waals surface area contributed by atoms with Crippen LogP contribution in [0.3, 0.4) is 0 Å². The van der Waals surface area contributed by atoms with Gasteiger partial charge >= 0.3 is 0 Å².